The first-order valence-electron chi connectivity index (χ1n) is 10.4. The summed E-state index contributed by atoms with van der Waals surface area (Å²) in [6.07, 6.45) is 2.02. The molecule has 0 saturated heterocycles. The molecule has 32 heavy (non-hydrogen) atoms. The lowest BCUT2D eigenvalue weighted by atomic mass is 9.76. The second-order valence-corrected chi connectivity index (χ2v) is 11.1. The summed E-state index contributed by atoms with van der Waals surface area (Å²) in [6.45, 7) is 1.87. The Bertz CT molecular complexity index is 1220. The highest BCUT2D eigenvalue weighted by Gasteiger charge is 2.50. The van der Waals surface area contributed by atoms with Gasteiger partial charge in [0.25, 0.3) is 0 Å². The summed E-state index contributed by atoms with van der Waals surface area (Å²) in [4.78, 5) is 4.49. The van der Waals surface area contributed by atoms with Gasteiger partial charge < -0.3 is 0 Å². The average Bonchev–Trinajstić information content (AvgIpc) is 3.07. The van der Waals surface area contributed by atoms with Gasteiger partial charge in [-0.05, 0) is 81.0 Å². The molecule has 4 rings (SSSR count). The Morgan fingerprint density at radius 2 is 1.78 bits per heavy atom. The fourth-order valence-corrected chi connectivity index (χ4v) is 6.88. The Morgan fingerprint density at radius 1 is 1.12 bits per heavy atom. The minimum atomic E-state index is -4.03. The summed E-state index contributed by atoms with van der Waals surface area (Å²) >= 11 is 5.94. The normalized spacial score (nSPS) is 21.6. The number of rotatable bonds is 5. The van der Waals surface area contributed by atoms with Crippen LogP contribution in [0.1, 0.15) is 42.9 Å². The molecular formula is C23H24ClF2N3O2S. The van der Waals surface area contributed by atoms with E-state index in [1.807, 2.05) is 14.0 Å². The van der Waals surface area contributed by atoms with Gasteiger partial charge in [0.15, 0.2) is 15.7 Å². The fourth-order valence-electron chi connectivity index (χ4n) is 4.59. The smallest absolute Gasteiger partial charge is 0.188 e. The first kappa shape index (κ1) is 22.9. The topological polar surface area (TPSA) is 64.8 Å². The van der Waals surface area contributed by atoms with Crippen LogP contribution in [0.3, 0.4) is 0 Å². The number of sulfone groups is 1. The van der Waals surface area contributed by atoms with E-state index in [9.17, 15) is 17.2 Å². The van der Waals surface area contributed by atoms with Gasteiger partial charge in [0.2, 0.25) is 0 Å². The van der Waals surface area contributed by atoms with E-state index in [2.05, 4.69) is 10.1 Å². The Kier molecular flexibility index (Phi) is 6.11. The summed E-state index contributed by atoms with van der Waals surface area (Å²) in [7, 11) is -2.21. The van der Waals surface area contributed by atoms with E-state index in [4.69, 9.17) is 11.6 Å². The van der Waals surface area contributed by atoms with E-state index in [0.29, 0.717) is 30.1 Å². The van der Waals surface area contributed by atoms with E-state index in [-0.39, 0.29) is 29.2 Å². The molecule has 1 aliphatic rings. The van der Waals surface area contributed by atoms with Crippen LogP contribution in [0.4, 0.5) is 8.78 Å². The first-order valence-corrected chi connectivity index (χ1v) is 12.3. The Labute approximate surface area is 191 Å². The molecule has 5 nitrogen and oxygen atoms in total. The van der Waals surface area contributed by atoms with Crippen LogP contribution in [0.5, 0.6) is 0 Å². The van der Waals surface area contributed by atoms with Crippen molar-refractivity contribution in [3.05, 3.63) is 76.3 Å². The highest BCUT2D eigenvalue weighted by molar-refractivity contribution is 7.92. The van der Waals surface area contributed by atoms with Crippen molar-refractivity contribution in [3.8, 4) is 0 Å². The van der Waals surface area contributed by atoms with Crippen LogP contribution in [0.15, 0.2) is 47.4 Å². The molecule has 0 spiro atoms. The Balaban J connectivity index is 1.71. The maximum Gasteiger partial charge on any atom is 0.188 e. The highest BCUT2D eigenvalue weighted by atomic mass is 35.5. The lowest BCUT2D eigenvalue weighted by Gasteiger charge is -2.40. The number of benzene rings is 2. The molecule has 0 aliphatic heterocycles. The monoisotopic (exact) mass is 479 g/mol. The standard InChI is InChI=1S/C23H24ClF2N3O2S/c1-15-27-22(28-29(15)2)13-16-9-11-23(12-10-16,20-14-18(25)5-8-21(20)26)32(30,31)19-6-3-17(24)4-7-19/h3-8,14,16H,9-13H2,1-2H3. The van der Waals surface area contributed by atoms with Crippen LogP contribution in [-0.4, -0.2) is 23.2 Å². The van der Waals surface area contributed by atoms with Crippen LogP contribution in [0.2, 0.25) is 5.02 Å². The minimum Gasteiger partial charge on any atom is -0.253 e. The quantitative estimate of drug-likeness (QED) is 0.507. The van der Waals surface area contributed by atoms with E-state index in [1.54, 1.807) is 4.68 Å². The molecule has 0 N–H and O–H groups in total. The summed E-state index contributed by atoms with van der Waals surface area (Å²) in [5.74, 6) is 0.283. The first-order chi connectivity index (χ1) is 15.1. The van der Waals surface area contributed by atoms with E-state index in [1.165, 1.54) is 24.3 Å². The van der Waals surface area contributed by atoms with Gasteiger partial charge >= 0.3 is 0 Å². The van der Waals surface area contributed by atoms with Crippen molar-refractivity contribution in [3.63, 3.8) is 0 Å². The van der Waals surface area contributed by atoms with Gasteiger partial charge in [0, 0.05) is 24.1 Å². The second-order valence-electron chi connectivity index (χ2n) is 8.42. The molecule has 1 heterocycles. The van der Waals surface area contributed by atoms with E-state index < -0.39 is 26.2 Å². The van der Waals surface area contributed by atoms with Gasteiger partial charge in [-0.3, -0.25) is 4.68 Å². The molecule has 9 heteroatoms. The van der Waals surface area contributed by atoms with Crippen LogP contribution in [0, 0.1) is 24.5 Å². The predicted octanol–water partition coefficient (Wildman–Crippen LogP) is 5.16. The van der Waals surface area contributed by atoms with Gasteiger partial charge in [-0.25, -0.2) is 22.2 Å². The van der Waals surface area contributed by atoms with Crippen molar-refractivity contribution in [2.24, 2.45) is 13.0 Å². The molecule has 0 unspecified atom stereocenters. The number of aromatic nitrogens is 3. The van der Waals surface area contributed by atoms with Gasteiger partial charge in [-0.1, -0.05) is 11.6 Å². The molecular weight excluding hydrogens is 456 g/mol. The number of nitrogens with zero attached hydrogens (tertiary/aromatic N) is 3. The molecule has 0 amide bonds. The predicted molar refractivity (Wildman–Crippen MR) is 118 cm³/mol. The minimum absolute atomic E-state index is 0.0472. The maximum absolute atomic E-state index is 14.9. The SMILES string of the molecule is Cc1nc(CC2CCC(c3cc(F)ccc3F)(S(=O)(=O)c3ccc(Cl)cc3)CC2)nn1C. The van der Waals surface area contributed by atoms with Crippen molar-refractivity contribution in [1.29, 1.82) is 0 Å². The largest absolute Gasteiger partial charge is 0.253 e. The van der Waals surface area contributed by atoms with Crippen LogP contribution < -0.4 is 0 Å². The molecule has 1 fully saturated rings. The van der Waals surface area contributed by atoms with Crippen molar-refractivity contribution >= 4 is 21.4 Å². The van der Waals surface area contributed by atoms with Crippen LogP contribution in [-0.2, 0) is 28.1 Å². The number of hydrogen-bond donors (Lipinski definition) is 0. The number of halogens is 3. The van der Waals surface area contributed by atoms with Crippen molar-refractivity contribution in [2.75, 3.05) is 0 Å². The van der Waals surface area contributed by atoms with Gasteiger partial charge in [-0.15, -0.1) is 0 Å². The van der Waals surface area contributed by atoms with Crippen LogP contribution in [0.25, 0.3) is 0 Å². The zero-order chi connectivity index (χ0) is 23.1. The third-order valence-electron chi connectivity index (χ3n) is 6.47. The number of hydrogen-bond acceptors (Lipinski definition) is 4. The fraction of sp³-hybridized carbons (Fsp3) is 0.391. The number of aryl methyl sites for hydroxylation is 2. The van der Waals surface area contributed by atoms with E-state index in [0.717, 1.165) is 24.0 Å². The van der Waals surface area contributed by atoms with Crippen molar-refractivity contribution < 1.29 is 17.2 Å². The summed E-state index contributed by atoms with van der Waals surface area (Å²) < 4.78 is 56.9. The van der Waals surface area contributed by atoms with E-state index >= 15 is 0 Å². The Morgan fingerprint density at radius 3 is 2.38 bits per heavy atom. The molecule has 1 saturated carbocycles. The van der Waals surface area contributed by atoms with Gasteiger partial charge in [0.05, 0.1) is 4.90 Å². The molecule has 0 radical (unpaired) electrons. The zero-order valence-electron chi connectivity index (χ0n) is 17.9. The summed E-state index contributed by atoms with van der Waals surface area (Å²) in [5.41, 5.74) is -0.113. The van der Waals surface area contributed by atoms with Gasteiger partial charge in [-0.2, -0.15) is 5.10 Å². The molecule has 0 atom stereocenters. The average molecular weight is 480 g/mol. The van der Waals surface area contributed by atoms with Crippen LogP contribution >= 0.6 is 11.6 Å². The van der Waals surface area contributed by atoms with Crippen molar-refractivity contribution in [1.82, 2.24) is 14.8 Å². The van der Waals surface area contributed by atoms with Crippen molar-refractivity contribution in [2.45, 2.75) is 48.7 Å². The molecule has 3 aromatic rings. The molecule has 1 aliphatic carbocycles. The maximum atomic E-state index is 14.9. The third kappa shape index (κ3) is 4.06. The second kappa shape index (κ2) is 8.56. The highest BCUT2D eigenvalue weighted by Crippen LogP contribution is 2.49. The zero-order valence-corrected chi connectivity index (χ0v) is 19.4. The lowest BCUT2D eigenvalue weighted by Crippen LogP contribution is -2.41. The lowest BCUT2D eigenvalue weighted by molar-refractivity contribution is 0.282. The summed E-state index contributed by atoms with van der Waals surface area (Å²) in [5, 5.41) is 4.79. The molecule has 2 aromatic carbocycles. The summed E-state index contributed by atoms with van der Waals surface area (Å²) in [6, 6.07) is 8.84. The molecule has 1 aromatic heterocycles. The molecule has 170 valence electrons. The Hall–Kier alpha value is -2.32. The third-order valence-corrected chi connectivity index (χ3v) is 9.27. The molecule has 0 bridgehead atoms. The van der Waals surface area contributed by atoms with Gasteiger partial charge in [0.1, 0.15) is 22.2 Å².